The minimum atomic E-state index is -0.376. The number of hydrogen-bond donors (Lipinski definition) is 1. The van der Waals surface area contributed by atoms with Crippen LogP contribution in [0.2, 0.25) is 0 Å². The summed E-state index contributed by atoms with van der Waals surface area (Å²) in [6, 6.07) is 11.9. The zero-order chi connectivity index (χ0) is 18.0. The van der Waals surface area contributed by atoms with Gasteiger partial charge in [-0.05, 0) is 37.3 Å². The van der Waals surface area contributed by atoms with Gasteiger partial charge in [-0.1, -0.05) is 28.1 Å². The maximum atomic E-state index is 12.5. The number of anilines is 1. The van der Waals surface area contributed by atoms with E-state index >= 15 is 0 Å². The number of amides is 1. The first-order chi connectivity index (χ1) is 11.9. The third kappa shape index (κ3) is 3.83. The van der Waals surface area contributed by atoms with Gasteiger partial charge in [0.25, 0.3) is 5.56 Å². The molecule has 0 aliphatic heterocycles. The molecule has 1 heterocycles. The zero-order valence-electron chi connectivity index (χ0n) is 13.3. The molecule has 3 aromatic rings. The fraction of sp³-hybridized carbons (Fsp3) is 0.111. The van der Waals surface area contributed by atoms with E-state index in [-0.39, 0.29) is 23.8 Å². The third-order valence-corrected chi connectivity index (χ3v) is 4.15. The molecule has 7 heteroatoms. The molecule has 0 unspecified atom stereocenters. The first-order valence-corrected chi connectivity index (χ1v) is 8.29. The molecule has 126 valence electrons. The van der Waals surface area contributed by atoms with Gasteiger partial charge in [0.1, 0.15) is 6.54 Å². The Morgan fingerprint density at radius 1 is 1.20 bits per heavy atom. The van der Waals surface area contributed by atoms with Gasteiger partial charge >= 0.3 is 0 Å². The van der Waals surface area contributed by atoms with E-state index in [0.717, 1.165) is 4.47 Å². The molecule has 0 aliphatic carbocycles. The molecule has 0 radical (unpaired) electrons. The van der Waals surface area contributed by atoms with Crippen LogP contribution in [-0.4, -0.2) is 21.2 Å². The van der Waals surface area contributed by atoms with Gasteiger partial charge in [-0.2, -0.15) is 0 Å². The molecule has 0 saturated heterocycles. The van der Waals surface area contributed by atoms with Crippen molar-refractivity contribution in [2.75, 3.05) is 5.32 Å². The van der Waals surface area contributed by atoms with Gasteiger partial charge in [0.15, 0.2) is 5.78 Å². The van der Waals surface area contributed by atoms with E-state index in [1.807, 2.05) is 0 Å². The number of carbonyl (C=O) groups excluding carboxylic acids is 2. The van der Waals surface area contributed by atoms with Crippen LogP contribution in [0, 0.1) is 0 Å². The van der Waals surface area contributed by atoms with Gasteiger partial charge in [0.05, 0.1) is 17.2 Å². The lowest BCUT2D eigenvalue weighted by Gasteiger charge is -2.09. The predicted octanol–water partition coefficient (Wildman–Crippen LogP) is 3.00. The van der Waals surface area contributed by atoms with Gasteiger partial charge in [0.2, 0.25) is 5.91 Å². The fourth-order valence-electron chi connectivity index (χ4n) is 2.41. The Hall–Kier alpha value is -2.80. The Morgan fingerprint density at radius 3 is 2.76 bits per heavy atom. The summed E-state index contributed by atoms with van der Waals surface area (Å²) in [4.78, 5) is 40.3. The van der Waals surface area contributed by atoms with Crippen LogP contribution >= 0.6 is 15.9 Å². The Balaban J connectivity index is 1.83. The van der Waals surface area contributed by atoms with Crippen molar-refractivity contribution in [2.45, 2.75) is 13.5 Å². The molecule has 1 amide bonds. The van der Waals surface area contributed by atoms with Crippen LogP contribution in [0.5, 0.6) is 0 Å². The van der Waals surface area contributed by atoms with Crippen molar-refractivity contribution in [1.82, 2.24) is 9.55 Å². The van der Waals surface area contributed by atoms with E-state index < -0.39 is 0 Å². The van der Waals surface area contributed by atoms with Gasteiger partial charge in [0, 0.05) is 15.7 Å². The molecule has 2 aromatic carbocycles. The third-order valence-electron chi connectivity index (χ3n) is 3.65. The summed E-state index contributed by atoms with van der Waals surface area (Å²) < 4.78 is 2.01. The number of nitrogens with zero attached hydrogens (tertiary/aromatic N) is 2. The second kappa shape index (κ2) is 6.98. The second-order valence-corrected chi connectivity index (χ2v) is 6.44. The van der Waals surface area contributed by atoms with Crippen molar-refractivity contribution >= 4 is 44.2 Å². The Kier molecular flexibility index (Phi) is 4.76. The minimum Gasteiger partial charge on any atom is -0.325 e. The molecule has 1 aromatic heterocycles. The number of nitrogens with one attached hydrogen (secondary N) is 1. The predicted molar refractivity (Wildman–Crippen MR) is 98.8 cm³/mol. The maximum absolute atomic E-state index is 12.5. The maximum Gasteiger partial charge on any atom is 0.261 e. The molecule has 0 saturated carbocycles. The molecule has 6 nitrogen and oxygen atoms in total. The highest BCUT2D eigenvalue weighted by atomic mass is 79.9. The molecule has 1 N–H and O–H groups in total. The summed E-state index contributed by atoms with van der Waals surface area (Å²) in [5.74, 6) is -0.462. The van der Waals surface area contributed by atoms with E-state index in [1.165, 1.54) is 17.8 Å². The van der Waals surface area contributed by atoms with Crippen molar-refractivity contribution in [2.24, 2.45) is 0 Å². The van der Waals surface area contributed by atoms with E-state index in [9.17, 15) is 14.4 Å². The average molecular weight is 400 g/mol. The van der Waals surface area contributed by atoms with Crippen LogP contribution in [0.4, 0.5) is 5.69 Å². The molecule has 0 spiro atoms. The summed E-state index contributed by atoms with van der Waals surface area (Å²) in [5, 5.41) is 3.12. The summed E-state index contributed by atoms with van der Waals surface area (Å²) in [6.07, 6.45) is 1.35. The molecule has 25 heavy (non-hydrogen) atoms. The quantitative estimate of drug-likeness (QED) is 0.683. The Bertz CT molecular complexity index is 1040. The number of carbonyl (C=O) groups is 2. The lowest BCUT2D eigenvalue weighted by molar-refractivity contribution is -0.116. The summed E-state index contributed by atoms with van der Waals surface area (Å²) >= 11 is 3.32. The van der Waals surface area contributed by atoms with E-state index in [4.69, 9.17) is 0 Å². The molecule has 3 rings (SSSR count). The molecule has 0 atom stereocenters. The highest BCUT2D eigenvalue weighted by molar-refractivity contribution is 9.10. The van der Waals surface area contributed by atoms with Crippen molar-refractivity contribution in [1.29, 1.82) is 0 Å². The van der Waals surface area contributed by atoms with Gasteiger partial charge in [-0.25, -0.2) is 4.98 Å². The van der Waals surface area contributed by atoms with Crippen molar-refractivity contribution in [3.63, 3.8) is 0 Å². The summed E-state index contributed by atoms with van der Waals surface area (Å²) in [5.41, 5.74) is 1.28. The molecular weight excluding hydrogens is 386 g/mol. The number of Topliss-reactive ketones (excluding diaryl/α,β-unsaturated/α-hetero) is 1. The topological polar surface area (TPSA) is 81.1 Å². The van der Waals surface area contributed by atoms with Crippen LogP contribution in [0.1, 0.15) is 17.3 Å². The van der Waals surface area contributed by atoms with Crippen LogP contribution in [0.15, 0.2) is 58.1 Å². The average Bonchev–Trinajstić information content (AvgIpc) is 2.58. The number of halogens is 1. The number of benzene rings is 2. The van der Waals surface area contributed by atoms with Crippen LogP contribution < -0.4 is 10.9 Å². The fourth-order valence-corrected chi connectivity index (χ4v) is 2.78. The van der Waals surface area contributed by atoms with Crippen LogP contribution in [0.25, 0.3) is 10.9 Å². The standard InChI is InChI=1S/C18H14BrN3O3/c1-11(23)12-3-2-4-14(7-12)21-17(24)9-22-10-20-16-6-5-13(19)8-15(16)18(22)25/h2-8,10H,9H2,1H3,(H,21,24). The minimum absolute atomic E-state index is 0.0865. The SMILES string of the molecule is CC(=O)c1cccc(NC(=O)Cn2cnc3ccc(Br)cc3c2=O)c1. The monoisotopic (exact) mass is 399 g/mol. The Labute approximate surface area is 151 Å². The van der Waals surface area contributed by atoms with E-state index in [1.54, 1.807) is 42.5 Å². The smallest absolute Gasteiger partial charge is 0.261 e. The van der Waals surface area contributed by atoms with Gasteiger partial charge in [-0.3, -0.25) is 19.0 Å². The van der Waals surface area contributed by atoms with Gasteiger partial charge in [-0.15, -0.1) is 0 Å². The second-order valence-electron chi connectivity index (χ2n) is 5.52. The number of fused-ring (bicyclic) bond motifs is 1. The van der Waals surface area contributed by atoms with Crippen molar-refractivity contribution in [3.05, 3.63) is 69.2 Å². The lowest BCUT2D eigenvalue weighted by Crippen LogP contribution is -2.28. The molecule has 0 fully saturated rings. The normalized spacial score (nSPS) is 10.6. The Morgan fingerprint density at radius 2 is 2.00 bits per heavy atom. The van der Waals surface area contributed by atoms with Crippen molar-refractivity contribution in [3.8, 4) is 0 Å². The first kappa shape index (κ1) is 17.0. The van der Waals surface area contributed by atoms with E-state index in [2.05, 4.69) is 26.2 Å². The number of ketones is 1. The highest BCUT2D eigenvalue weighted by Gasteiger charge is 2.10. The molecule has 0 bridgehead atoms. The van der Waals surface area contributed by atoms with Crippen molar-refractivity contribution < 1.29 is 9.59 Å². The first-order valence-electron chi connectivity index (χ1n) is 7.49. The number of hydrogen-bond acceptors (Lipinski definition) is 4. The van der Waals surface area contributed by atoms with E-state index in [0.29, 0.717) is 22.2 Å². The largest absolute Gasteiger partial charge is 0.325 e. The van der Waals surface area contributed by atoms with Gasteiger partial charge < -0.3 is 5.32 Å². The zero-order valence-corrected chi connectivity index (χ0v) is 14.9. The highest BCUT2D eigenvalue weighted by Crippen LogP contribution is 2.15. The number of aromatic nitrogens is 2. The van der Waals surface area contributed by atoms with Crippen LogP contribution in [-0.2, 0) is 11.3 Å². The van der Waals surface area contributed by atoms with Crippen LogP contribution in [0.3, 0.4) is 0 Å². The molecule has 0 aliphatic rings. The number of rotatable bonds is 4. The summed E-state index contributed by atoms with van der Waals surface area (Å²) in [7, 11) is 0. The lowest BCUT2D eigenvalue weighted by atomic mass is 10.1. The molecular formula is C18H14BrN3O3. The summed E-state index contributed by atoms with van der Waals surface area (Å²) in [6.45, 7) is 1.29.